The van der Waals surface area contributed by atoms with Gasteiger partial charge in [-0.3, -0.25) is 14.4 Å². The van der Waals surface area contributed by atoms with Crippen LogP contribution in [0.5, 0.6) is 5.75 Å². The van der Waals surface area contributed by atoms with E-state index in [-0.39, 0.29) is 43.4 Å². The number of benzene rings is 1. The molecule has 4 fully saturated rings. The number of ether oxygens (including phenoxy) is 5. The predicted octanol–water partition coefficient (Wildman–Crippen LogP) is 7.20. The second-order valence-corrected chi connectivity index (χ2v) is 20.7. The standard InChI is InChI=1S/C53H76N2O12/c1-9-36-23-30(2)22-31(3)24-46(63-7)49-47(64-8)26-33(5)53(62,67-49)50(59)51(60)55-20-11-10-12-41(55)52(61)66-48(34(6)42(56)29-43(36)57)32(4)25-35-13-18-45(44(58)27-35)65-39-16-17-40-37(28-39)19-21-54(40)38-14-15-38/h16-17,19,21,23,25,28,31,33-36,38,41-42,44-49,56,58,62H,9-15,18,20,22,24,26-27,29H2,1-8H3. The fourth-order valence-electron chi connectivity index (χ4n) is 11.3. The zero-order valence-electron chi connectivity index (χ0n) is 40.9. The number of rotatable bonds is 8. The maximum absolute atomic E-state index is 14.5. The molecule has 14 unspecified atom stereocenters. The fourth-order valence-corrected chi connectivity index (χ4v) is 11.3. The average Bonchev–Trinajstić information content (AvgIpc) is 4.07. The lowest BCUT2D eigenvalue weighted by Crippen LogP contribution is -2.64. The number of aliphatic hydroxyl groups excluding tert-OH is 2. The molecule has 2 aromatic rings. The van der Waals surface area contributed by atoms with Crippen LogP contribution in [-0.2, 0) is 38.1 Å². The summed E-state index contributed by atoms with van der Waals surface area (Å²) >= 11 is 0. The molecule has 14 nitrogen and oxygen atoms in total. The molecule has 1 aromatic heterocycles. The number of hydrogen-bond acceptors (Lipinski definition) is 12. The molecular formula is C53H76N2O12. The predicted molar refractivity (Wildman–Crippen MR) is 252 cm³/mol. The molecule has 1 aromatic carbocycles. The van der Waals surface area contributed by atoms with Crippen molar-refractivity contribution in [1.82, 2.24) is 9.47 Å². The molecule has 5 aliphatic rings. The Morgan fingerprint density at radius 3 is 2.31 bits per heavy atom. The third-order valence-corrected chi connectivity index (χ3v) is 15.5. The van der Waals surface area contributed by atoms with Gasteiger partial charge in [0.25, 0.3) is 11.7 Å². The van der Waals surface area contributed by atoms with Crippen LogP contribution < -0.4 is 4.74 Å². The first-order chi connectivity index (χ1) is 32.0. The lowest BCUT2D eigenvalue weighted by Gasteiger charge is -2.47. The molecule has 0 spiro atoms. The van der Waals surface area contributed by atoms with Crippen LogP contribution in [0, 0.1) is 29.6 Å². The number of cyclic esters (lactones) is 1. The summed E-state index contributed by atoms with van der Waals surface area (Å²) in [6, 6.07) is 7.59. The molecule has 2 saturated heterocycles. The smallest absolute Gasteiger partial charge is 0.329 e. The van der Waals surface area contributed by atoms with Crippen molar-refractivity contribution in [1.29, 1.82) is 0 Å². The number of ketones is 2. The Hall–Kier alpha value is -3.92. The largest absolute Gasteiger partial charge is 0.488 e. The molecule has 1 amide bonds. The summed E-state index contributed by atoms with van der Waals surface area (Å²) < 4.78 is 33.1. The normalized spacial score (nSPS) is 37.1. The van der Waals surface area contributed by atoms with E-state index < -0.39 is 90.0 Å². The van der Waals surface area contributed by atoms with Gasteiger partial charge in [0, 0.05) is 68.1 Å². The van der Waals surface area contributed by atoms with Gasteiger partial charge in [-0.2, -0.15) is 0 Å². The third-order valence-electron chi connectivity index (χ3n) is 15.5. The molecule has 2 aliphatic carbocycles. The van der Waals surface area contributed by atoms with Crippen molar-refractivity contribution in [2.45, 2.75) is 186 Å². The topological polar surface area (TPSA) is 183 Å². The van der Waals surface area contributed by atoms with E-state index >= 15 is 0 Å². The minimum Gasteiger partial charge on any atom is -0.488 e. The molecule has 67 heavy (non-hydrogen) atoms. The number of hydrogen-bond donors (Lipinski definition) is 3. The van der Waals surface area contributed by atoms with Gasteiger partial charge in [0.15, 0.2) is 0 Å². The van der Waals surface area contributed by atoms with Crippen molar-refractivity contribution in [3.8, 4) is 5.75 Å². The van der Waals surface area contributed by atoms with Crippen LogP contribution >= 0.6 is 0 Å². The first-order valence-electron chi connectivity index (χ1n) is 25.0. The van der Waals surface area contributed by atoms with Gasteiger partial charge >= 0.3 is 5.97 Å². The Labute approximate surface area is 396 Å². The Balaban J connectivity index is 1.15. The van der Waals surface area contributed by atoms with E-state index in [2.05, 4.69) is 29.8 Å². The maximum Gasteiger partial charge on any atom is 0.329 e. The number of amides is 1. The molecule has 2 bridgehead atoms. The second kappa shape index (κ2) is 21.8. The van der Waals surface area contributed by atoms with Crippen molar-refractivity contribution in [2.75, 3.05) is 20.8 Å². The lowest BCUT2D eigenvalue weighted by molar-refractivity contribution is -0.302. The number of allylic oxidation sites excluding steroid dienone is 3. The number of piperidine rings is 1. The zero-order valence-corrected chi connectivity index (χ0v) is 40.9. The van der Waals surface area contributed by atoms with Crippen LogP contribution in [-0.4, -0.2) is 124 Å². The fraction of sp³-hybridized carbons (Fsp3) is 0.698. The SMILES string of the molecule is CCC1C=C(C)CC(C)CC(OC)C2OC(O)(C(=O)C(=O)N3CCCCC3C(=O)OC(C(C)=CC3CCC(Oc4ccc5c(ccn5C5CC5)c4)C(O)C3)C(C)C(O)CC1=O)C(C)CC2OC. The van der Waals surface area contributed by atoms with Crippen LogP contribution in [0.2, 0.25) is 0 Å². The van der Waals surface area contributed by atoms with Gasteiger partial charge in [0.05, 0.1) is 24.4 Å². The molecule has 3 N–H and O–H groups in total. The molecule has 2 saturated carbocycles. The quantitative estimate of drug-likeness (QED) is 0.138. The number of fused-ring (bicyclic) bond motifs is 4. The number of esters is 1. The Kier molecular flexibility index (Phi) is 16.6. The molecule has 3 aliphatic heterocycles. The number of aromatic nitrogens is 1. The van der Waals surface area contributed by atoms with Crippen molar-refractivity contribution in [3.63, 3.8) is 0 Å². The molecule has 0 radical (unpaired) electrons. The summed E-state index contributed by atoms with van der Waals surface area (Å²) in [5.74, 6) is -7.02. The van der Waals surface area contributed by atoms with E-state index in [4.69, 9.17) is 23.7 Å². The highest BCUT2D eigenvalue weighted by Gasteiger charge is 2.56. The second-order valence-electron chi connectivity index (χ2n) is 20.7. The van der Waals surface area contributed by atoms with Crippen LogP contribution in [0.3, 0.4) is 0 Å². The summed E-state index contributed by atoms with van der Waals surface area (Å²) in [7, 11) is 3.07. The van der Waals surface area contributed by atoms with Crippen LogP contribution in [0.1, 0.15) is 131 Å². The zero-order chi connectivity index (χ0) is 48.3. The average molecular weight is 933 g/mol. The van der Waals surface area contributed by atoms with Crippen molar-refractivity contribution < 1.29 is 58.2 Å². The molecule has 14 heteroatoms. The number of carbonyl (C=O) groups excluding carboxylic acids is 4. The Bertz CT molecular complexity index is 2140. The lowest BCUT2D eigenvalue weighted by atomic mass is 9.81. The van der Waals surface area contributed by atoms with Crippen LogP contribution in [0.15, 0.2) is 53.8 Å². The monoisotopic (exact) mass is 933 g/mol. The van der Waals surface area contributed by atoms with Crippen LogP contribution in [0.25, 0.3) is 10.9 Å². The third kappa shape index (κ3) is 11.4. The van der Waals surface area contributed by atoms with Gasteiger partial charge in [-0.15, -0.1) is 0 Å². The van der Waals surface area contributed by atoms with Crippen molar-refractivity contribution in [3.05, 3.63) is 53.8 Å². The molecule has 7 rings (SSSR count). The summed E-state index contributed by atoms with van der Waals surface area (Å²) in [4.78, 5) is 58.4. The Morgan fingerprint density at radius 1 is 0.896 bits per heavy atom. The van der Waals surface area contributed by atoms with Crippen molar-refractivity contribution >= 4 is 34.3 Å². The summed E-state index contributed by atoms with van der Waals surface area (Å²) in [6.07, 6.45) is 7.68. The van der Waals surface area contributed by atoms with E-state index in [1.54, 1.807) is 13.8 Å². The van der Waals surface area contributed by atoms with Crippen molar-refractivity contribution in [2.24, 2.45) is 29.6 Å². The van der Waals surface area contributed by atoms with Gasteiger partial charge in [0.1, 0.15) is 35.9 Å². The highest BCUT2D eigenvalue weighted by molar-refractivity contribution is 6.39. The highest BCUT2D eigenvalue weighted by atomic mass is 16.7. The highest BCUT2D eigenvalue weighted by Crippen LogP contribution is 2.41. The molecule has 4 heterocycles. The van der Waals surface area contributed by atoms with Gasteiger partial charge in [0.2, 0.25) is 5.79 Å². The summed E-state index contributed by atoms with van der Waals surface area (Å²) in [5, 5.41) is 36.5. The van der Waals surface area contributed by atoms with Gasteiger partial charge in [-0.05, 0) is 133 Å². The molecule has 14 atom stereocenters. The maximum atomic E-state index is 14.5. The van der Waals surface area contributed by atoms with Crippen LogP contribution in [0.4, 0.5) is 0 Å². The first-order valence-corrected chi connectivity index (χ1v) is 25.0. The van der Waals surface area contributed by atoms with E-state index in [9.17, 15) is 34.5 Å². The number of Topliss-reactive ketones (excluding diaryl/α,β-unsaturated/α-hetero) is 2. The minimum atomic E-state index is -2.52. The van der Waals surface area contributed by atoms with Gasteiger partial charge in [-0.1, -0.05) is 45.4 Å². The summed E-state index contributed by atoms with van der Waals surface area (Å²) in [5.41, 5.74) is 2.80. The van der Waals surface area contributed by atoms with E-state index in [1.807, 2.05) is 45.1 Å². The van der Waals surface area contributed by atoms with E-state index in [0.29, 0.717) is 68.7 Å². The van der Waals surface area contributed by atoms with E-state index in [1.165, 1.54) is 37.5 Å². The molecular weight excluding hydrogens is 857 g/mol. The summed E-state index contributed by atoms with van der Waals surface area (Å²) in [6.45, 7) is 11.3. The number of carbonyl (C=O) groups is 4. The Morgan fingerprint density at radius 2 is 1.63 bits per heavy atom. The van der Waals surface area contributed by atoms with E-state index in [0.717, 1.165) is 11.0 Å². The first kappa shape index (κ1) is 50.9. The minimum absolute atomic E-state index is 0.0243. The number of methoxy groups -OCH3 is 2. The molecule has 370 valence electrons. The van der Waals surface area contributed by atoms with Gasteiger partial charge < -0.3 is 48.5 Å². The van der Waals surface area contributed by atoms with Gasteiger partial charge in [-0.25, -0.2) is 4.79 Å². The number of nitrogens with zero attached hydrogens (tertiary/aromatic N) is 2. The number of aliphatic hydroxyl groups is 3.